The fourth-order valence-electron chi connectivity index (χ4n) is 2.17. The van der Waals surface area contributed by atoms with E-state index in [1.54, 1.807) is 13.2 Å². The molecule has 0 aliphatic carbocycles. The van der Waals surface area contributed by atoms with Crippen molar-refractivity contribution in [1.82, 2.24) is 15.3 Å². The maximum atomic E-state index is 12.2. The van der Waals surface area contributed by atoms with Crippen molar-refractivity contribution in [2.24, 2.45) is 0 Å². The summed E-state index contributed by atoms with van der Waals surface area (Å²) in [5, 5.41) is 6.10. The van der Waals surface area contributed by atoms with Crippen LogP contribution in [-0.2, 0) is 6.42 Å². The van der Waals surface area contributed by atoms with Crippen molar-refractivity contribution < 1.29 is 9.53 Å². The first-order chi connectivity index (χ1) is 11.4. The summed E-state index contributed by atoms with van der Waals surface area (Å²) in [6.07, 6.45) is 2.12. The molecule has 2 N–H and O–H groups in total. The fraction of sp³-hybridized carbons (Fsp3) is 0.389. The molecule has 0 saturated carbocycles. The molecule has 1 aromatic heterocycles. The second kappa shape index (κ2) is 7.77. The van der Waals surface area contributed by atoms with Crippen LogP contribution in [0.2, 0.25) is 0 Å². The van der Waals surface area contributed by atoms with Crippen LogP contribution in [0.1, 0.15) is 36.8 Å². The Bertz CT molecular complexity index is 695. The highest BCUT2D eigenvalue weighted by molar-refractivity contribution is 5.92. The minimum Gasteiger partial charge on any atom is -0.497 e. The van der Waals surface area contributed by atoms with Crippen molar-refractivity contribution in [3.63, 3.8) is 0 Å². The van der Waals surface area contributed by atoms with Gasteiger partial charge in [-0.15, -0.1) is 0 Å². The van der Waals surface area contributed by atoms with Gasteiger partial charge in [0.25, 0.3) is 5.91 Å². The number of anilines is 1. The van der Waals surface area contributed by atoms with E-state index in [0.717, 1.165) is 17.7 Å². The highest BCUT2D eigenvalue weighted by Gasteiger charge is 2.13. The first-order valence-electron chi connectivity index (χ1n) is 7.89. The molecule has 0 aliphatic heterocycles. The number of rotatable bonds is 6. The van der Waals surface area contributed by atoms with E-state index in [1.807, 2.05) is 45.0 Å². The van der Waals surface area contributed by atoms with Crippen LogP contribution in [0.25, 0.3) is 0 Å². The van der Waals surface area contributed by atoms with Gasteiger partial charge in [0, 0.05) is 18.2 Å². The summed E-state index contributed by atoms with van der Waals surface area (Å²) in [5.41, 5.74) is 1.32. The summed E-state index contributed by atoms with van der Waals surface area (Å²) in [7, 11) is 1.64. The normalized spacial score (nSPS) is 11.0. The molecule has 0 fully saturated rings. The lowest BCUT2D eigenvalue weighted by atomic mass is 10.1. The summed E-state index contributed by atoms with van der Waals surface area (Å²) >= 11 is 0. The lowest BCUT2D eigenvalue weighted by Crippen LogP contribution is -2.29. The minimum absolute atomic E-state index is 0.130. The van der Waals surface area contributed by atoms with Gasteiger partial charge in [0.2, 0.25) is 0 Å². The molecule has 1 heterocycles. The van der Waals surface area contributed by atoms with E-state index >= 15 is 0 Å². The third-order valence-electron chi connectivity index (χ3n) is 3.24. The van der Waals surface area contributed by atoms with E-state index in [4.69, 9.17) is 4.74 Å². The Kier molecular flexibility index (Phi) is 5.73. The van der Waals surface area contributed by atoms with Gasteiger partial charge >= 0.3 is 0 Å². The fourth-order valence-corrected chi connectivity index (χ4v) is 2.17. The summed E-state index contributed by atoms with van der Waals surface area (Å²) in [6.45, 7) is 6.62. The quantitative estimate of drug-likeness (QED) is 0.852. The summed E-state index contributed by atoms with van der Waals surface area (Å²) < 4.78 is 5.19. The Hall–Kier alpha value is -2.63. The number of methoxy groups -OCH3 is 1. The average Bonchev–Trinajstić information content (AvgIpc) is 2.53. The molecule has 0 bridgehead atoms. The second-order valence-corrected chi connectivity index (χ2v) is 6.52. The predicted octanol–water partition coefficient (Wildman–Crippen LogP) is 2.67. The molecule has 6 heteroatoms. The number of nitrogens with one attached hydrogen (secondary N) is 2. The summed E-state index contributed by atoms with van der Waals surface area (Å²) in [4.78, 5) is 20.4. The Morgan fingerprint density at radius 2 is 2.00 bits per heavy atom. The van der Waals surface area contributed by atoms with Crippen LogP contribution in [0.3, 0.4) is 0 Å². The van der Waals surface area contributed by atoms with Crippen LogP contribution < -0.4 is 15.4 Å². The third-order valence-corrected chi connectivity index (χ3v) is 3.24. The van der Waals surface area contributed by atoms with E-state index < -0.39 is 0 Å². The molecule has 0 spiro atoms. The first kappa shape index (κ1) is 17.7. The number of nitrogens with zero attached hydrogens (tertiary/aromatic N) is 2. The first-order valence-corrected chi connectivity index (χ1v) is 7.89. The molecule has 6 nitrogen and oxygen atoms in total. The van der Waals surface area contributed by atoms with Crippen LogP contribution in [0.5, 0.6) is 5.75 Å². The van der Waals surface area contributed by atoms with E-state index in [1.165, 1.54) is 6.33 Å². The third kappa shape index (κ3) is 5.53. The number of ether oxygens (including phenoxy) is 1. The Balaban J connectivity index is 1.91. The molecule has 1 amide bonds. The van der Waals surface area contributed by atoms with Crippen LogP contribution >= 0.6 is 0 Å². The molecule has 0 aliphatic rings. The van der Waals surface area contributed by atoms with E-state index in [-0.39, 0.29) is 11.4 Å². The number of carbonyl (C=O) groups is 1. The van der Waals surface area contributed by atoms with Gasteiger partial charge in [-0.2, -0.15) is 0 Å². The van der Waals surface area contributed by atoms with Crippen LogP contribution in [0.4, 0.5) is 5.82 Å². The zero-order chi connectivity index (χ0) is 17.6. The zero-order valence-electron chi connectivity index (χ0n) is 14.6. The number of amides is 1. The molecule has 0 saturated heterocycles. The number of benzene rings is 1. The topological polar surface area (TPSA) is 76.1 Å². The monoisotopic (exact) mass is 328 g/mol. The molecule has 128 valence electrons. The summed E-state index contributed by atoms with van der Waals surface area (Å²) in [6, 6.07) is 9.45. The molecule has 1 aromatic carbocycles. The number of hydrogen-bond acceptors (Lipinski definition) is 5. The van der Waals surface area contributed by atoms with Gasteiger partial charge < -0.3 is 15.4 Å². The molecule has 24 heavy (non-hydrogen) atoms. The minimum atomic E-state index is -0.211. The van der Waals surface area contributed by atoms with Crippen molar-refractivity contribution >= 4 is 11.7 Å². The maximum Gasteiger partial charge on any atom is 0.270 e. The number of carbonyl (C=O) groups excluding carboxylic acids is 1. The van der Waals surface area contributed by atoms with Gasteiger partial charge in [0.1, 0.15) is 23.6 Å². The van der Waals surface area contributed by atoms with Crippen LogP contribution in [0, 0.1) is 0 Å². The van der Waals surface area contributed by atoms with Gasteiger partial charge in [-0.25, -0.2) is 9.97 Å². The lowest BCUT2D eigenvalue weighted by Gasteiger charge is -2.21. The zero-order valence-corrected chi connectivity index (χ0v) is 14.6. The van der Waals surface area contributed by atoms with Crippen molar-refractivity contribution in [3.8, 4) is 5.75 Å². The van der Waals surface area contributed by atoms with Crippen molar-refractivity contribution in [2.45, 2.75) is 32.7 Å². The Morgan fingerprint density at radius 3 is 2.71 bits per heavy atom. The maximum absolute atomic E-state index is 12.2. The van der Waals surface area contributed by atoms with Gasteiger partial charge in [-0.3, -0.25) is 4.79 Å². The van der Waals surface area contributed by atoms with E-state index in [9.17, 15) is 4.79 Å². The van der Waals surface area contributed by atoms with E-state index in [0.29, 0.717) is 18.1 Å². The van der Waals surface area contributed by atoms with Crippen LogP contribution in [0.15, 0.2) is 36.7 Å². The summed E-state index contributed by atoms with van der Waals surface area (Å²) in [5.74, 6) is 1.24. The lowest BCUT2D eigenvalue weighted by molar-refractivity contribution is 0.0949. The molecular weight excluding hydrogens is 304 g/mol. The second-order valence-electron chi connectivity index (χ2n) is 6.52. The van der Waals surface area contributed by atoms with Gasteiger partial charge in [-0.1, -0.05) is 12.1 Å². The van der Waals surface area contributed by atoms with Crippen molar-refractivity contribution in [3.05, 3.63) is 47.9 Å². The number of aromatic nitrogens is 2. The van der Waals surface area contributed by atoms with Gasteiger partial charge in [0.05, 0.1) is 7.11 Å². The van der Waals surface area contributed by atoms with Crippen LogP contribution in [-0.4, -0.2) is 35.1 Å². The Labute approximate surface area is 142 Å². The van der Waals surface area contributed by atoms with Crippen molar-refractivity contribution in [2.75, 3.05) is 19.0 Å². The van der Waals surface area contributed by atoms with Gasteiger partial charge in [-0.05, 0) is 44.9 Å². The Morgan fingerprint density at radius 1 is 1.21 bits per heavy atom. The molecule has 0 atom stereocenters. The van der Waals surface area contributed by atoms with Gasteiger partial charge in [0.15, 0.2) is 0 Å². The average molecular weight is 328 g/mol. The molecule has 0 unspecified atom stereocenters. The van der Waals surface area contributed by atoms with Crippen molar-refractivity contribution in [1.29, 1.82) is 0 Å². The molecular formula is C18H24N4O2. The molecule has 2 aromatic rings. The largest absolute Gasteiger partial charge is 0.497 e. The predicted molar refractivity (Wildman–Crippen MR) is 94.4 cm³/mol. The highest BCUT2D eigenvalue weighted by atomic mass is 16.5. The standard InChI is InChI=1S/C18H24N4O2/c1-18(2,3)22-16-11-15(20-12-21-16)17(23)19-9-8-13-6-5-7-14(10-13)24-4/h5-7,10-12H,8-9H2,1-4H3,(H,19,23)(H,20,21,22). The highest BCUT2D eigenvalue weighted by Crippen LogP contribution is 2.13. The SMILES string of the molecule is COc1cccc(CCNC(=O)c2cc(NC(C)(C)C)ncn2)c1. The van der Waals surface area contributed by atoms with E-state index in [2.05, 4.69) is 20.6 Å². The smallest absolute Gasteiger partial charge is 0.270 e. The molecule has 0 radical (unpaired) electrons. The number of hydrogen-bond donors (Lipinski definition) is 2. The molecule has 2 rings (SSSR count).